The molecule has 4 aromatic rings. The Kier molecular flexibility index (Phi) is 6.32. The van der Waals surface area contributed by atoms with Crippen LogP contribution in [0.2, 0.25) is 0 Å². The molecule has 0 atom stereocenters. The van der Waals surface area contributed by atoms with Crippen LogP contribution in [0.15, 0.2) is 48.5 Å². The highest BCUT2D eigenvalue weighted by atomic mass is 19.1. The molecule has 2 aliphatic rings. The summed E-state index contributed by atoms with van der Waals surface area (Å²) in [5.74, 6) is 1.59. The largest absolute Gasteiger partial charge is 0.454 e. The minimum atomic E-state index is -0.336. The monoisotopic (exact) mass is 517 g/mol. The van der Waals surface area contributed by atoms with E-state index in [1.165, 1.54) is 12.1 Å². The molecule has 0 radical (unpaired) electrons. The summed E-state index contributed by atoms with van der Waals surface area (Å²) in [4.78, 5) is 22.7. The Hall–Kier alpha value is -4.18. The van der Waals surface area contributed by atoms with Crippen LogP contribution in [0.5, 0.6) is 11.5 Å². The average molecular weight is 518 g/mol. The van der Waals surface area contributed by atoms with Crippen LogP contribution in [0.4, 0.5) is 10.2 Å². The number of halogens is 1. The maximum absolute atomic E-state index is 14.0. The van der Waals surface area contributed by atoms with Crippen LogP contribution in [0.25, 0.3) is 10.9 Å². The number of fused-ring (bicyclic) bond motifs is 2. The molecule has 2 aromatic heterocycles. The number of benzene rings is 2. The third kappa shape index (κ3) is 4.74. The SMILES string of the molecule is Cc1cc(C(=O)N(Cc2ccc3c(c2)OCO3)Cc2cc3ccc(F)cc3nc2N2CCOCC2)n(C)n1. The predicted molar refractivity (Wildman–Crippen MR) is 139 cm³/mol. The van der Waals surface area contributed by atoms with Gasteiger partial charge < -0.3 is 24.0 Å². The van der Waals surface area contributed by atoms with E-state index >= 15 is 0 Å². The number of carbonyl (C=O) groups is 1. The first-order chi connectivity index (χ1) is 18.4. The number of aromatic nitrogens is 3. The van der Waals surface area contributed by atoms with Crippen molar-refractivity contribution in [2.75, 3.05) is 38.0 Å². The summed E-state index contributed by atoms with van der Waals surface area (Å²) >= 11 is 0. The third-order valence-corrected chi connectivity index (χ3v) is 6.83. The highest BCUT2D eigenvalue weighted by Gasteiger charge is 2.25. The van der Waals surface area contributed by atoms with E-state index in [-0.39, 0.29) is 18.5 Å². The van der Waals surface area contributed by atoms with Gasteiger partial charge in [-0.1, -0.05) is 6.07 Å². The van der Waals surface area contributed by atoms with Crippen LogP contribution in [-0.2, 0) is 24.9 Å². The second-order valence-electron chi connectivity index (χ2n) is 9.55. The number of nitrogens with zero attached hydrogens (tertiary/aromatic N) is 5. The van der Waals surface area contributed by atoms with Crippen molar-refractivity contribution < 1.29 is 23.4 Å². The summed E-state index contributed by atoms with van der Waals surface area (Å²) < 4.78 is 32.2. The van der Waals surface area contributed by atoms with E-state index < -0.39 is 0 Å². The number of ether oxygens (including phenoxy) is 3. The van der Waals surface area contributed by atoms with E-state index in [0.717, 1.165) is 28.0 Å². The molecular formula is C28H28FN5O4. The van der Waals surface area contributed by atoms with E-state index in [0.29, 0.717) is 62.1 Å². The zero-order chi connectivity index (χ0) is 26.2. The predicted octanol–water partition coefficient (Wildman–Crippen LogP) is 3.82. The first-order valence-electron chi connectivity index (χ1n) is 12.5. The van der Waals surface area contributed by atoms with E-state index in [2.05, 4.69) is 10.00 Å². The molecule has 0 spiro atoms. The topological polar surface area (TPSA) is 82.0 Å². The molecule has 0 aliphatic carbocycles. The molecule has 196 valence electrons. The molecule has 6 rings (SSSR count). The second kappa shape index (κ2) is 9.94. The quantitative estimate of drug-likeness (QED) is 0.385. The van der Waals surface area contributed by atoms with Crippen molar-refractivity contribution in [1.82, 2.24) is 19.7 Å². The van der Waals surface area contributed by atoms with Crippen molar-refractivity contribution >= 4 is 22.6 Å². The Morgan fingerprint density at radius 1 is 1.03 bits per heavy atom. The fraction of sp³-hybridized carbons (Fsp3) is 0.321. The summed E-state index contributed by atoms with van der Waals surface area (Å²) in [5.41, 5.74) is 3.62. The zero-order valence-electron chi connectivity index (χ0n) is 21.3. The van der Waals surface area contributed by atoms with Crippen molar-refractivity contribution in [3.8, 4) is 11.5 Å². The molecule has 10 heteroatoms. The number of anilines is 1. The maximum atomic E-state index is 14.0. The van der Waals surface area contributed by atoms with Gasteiger partial charge >= 0.3 is 0 Å². The molecule has 0 saturated carbocycles. The molecule has 0 N–H and O–H groups in total. The Balaban J connectivity index is 1.41. The van der Waals surface area contributed by atoms with E-state index in [9.17, 15) is 9.18 Å². The van der Waals surface area contributed by atoms with E-state index in [1.807, 2.05) is 31.2 Å². The van der Waals surface area contributed by atoms with Gasteiger partial charge in [0.2, 0.25) is 6.79 Å². The molecule has 1 saturated heterocycles. The lowest BCUT2D eigenvalue weighted by Crippen LogP contribution is -2.38. The second-order valence-corrected chi connectivity index (χ2v) is 9.55. The van der Waals surface area contributed by atoms with Crippen molar-refractivity contribution in [3.63, 3.8) is 0 Å². The highest BCUT2D eigenvalue weighted by molar-refractivity contribution is 5.93. The number of hydrogen-bond acceptors (Lipinski definition) is 7. The summed E-state index contributed by atoms with van der Waals surface area (Å²) in [6.07, 6.45) is 0. The van der Waals surface area contributed by atoms with Crippen LogP contribution < -0.4 is 14.4 Å². The van der Waals surface area contributed by atoms with Gasteiger partial charge in [-0.25, -0.2) is 9.37 Å². The number of pyridine rings is 1. The van der Waals surface area contributed by atoms with Gasteiger partial charge in [0.05, 0.1) is 31.0 Å². The summed E-state index contributed by atoms with van der Waals surface area (Å²) in [5, 5.41) is 5.19. The number of aryl methyl sites for hydroxylation is 2. The lowest BCUT2D eigenvalue weighted by Gasteiger charge is -2.31. The lowest BCUT2D eigenvalue weighted by atomic mass is 10.1. The molecule has 1 amide bonds. The number of morpholine rings is 1. The van der Waals surface area contributed by atoms with Crippen molar-refractivity contribution in [1.29, 1.82) is 0 Å². The Labute approximate surface area is 219 Å². The maximum Gasteiger partial charge on any atom is 0.272 e. The number of carbonyl (C=O) groups excluding carboxylic acids is 1. The first kappa shape index (κ1) is 24.2. The number of rotatable bonds is 6. The number of hydrogen-bond donors (Lipinski definition) is 0. The van der Waals surface area contributed by atoms with Gasteiger partial charge in [0, 0.05) is 43.7 Å². The fourth-order valence-corrected chi connectivity index (χ4v) is 4.98. The molecule has 2 aromatic carbocycles. The van der Waals surface area contributed by atoms with Gasteiger partial charge in [-0.2, -0.15) is 5.10 Å². The van der Waals surface area contributed by atoms with E-state index in [1.54, 1.807) is 28.8 Å². The van der Waals surface area contributed by atoms with Gasteiger partial charge in [-0.05, 0) is 48.9 Å². The smallest absolute Gasteiger partial charge is 0.272 e. The molecule has 0 unspecified atom stereocenters. The standard InChI is InChI=1S/C28H28FN5O4/c1-18-11-24(32(2)31-18)28(35)34(15-19-3-6-25-26(12-19)38-17-37-25)16-21-13-20-4-5-22(29)14-23(20)30-27(21)33-7-9-36-10-8-33/h3-6,11-14H,7-10,15-17H2,1-2H3. The fourth-order valence-electron chi connectivity index (χ4n) is 4.98. The summed E-state index contributed by atoms with van der Waals surface area (Å²) in [7, 11) is 1.77. The Bertz CT molecular complexity index is 1510. The average Bonchev–Trinajstić information content (AvgIpc) is 3.53. The minimum Gasteiger partial charge on any atom is -0.454 e. The lowest BCUT2D eigenvalue weighted by molar-refractivity contribution is 0.0718. The molecule has 4 heterocycles. The molecular weight excluding hydrogens is 489 g/mol. The van der Waals surface area contributed by atoms with Crippen LogP contribution in [0.1, 0.15) is 27.3 Å². The van der Waals surface area contributed by atoms with E-state index in [4.69, 9.17) is 19.2 Å². The van der Waals surface area contributed by atoms with Crippen LogP contribution in [-0.4, -0.2) is 58.7 Å². The minimum absolute atomic E-state index is 0.155. The molecule has 2 aliphatic heterocycles. The normalized spacial score (nSPS) is 14.8. The van der Waals surface area contributed by atoms with Gasteiger partial charge in [0.1, 0.15) is 17.3 Å². The molecule has 9 nitrogen and oxygen atoms in total. The van der Waals surface area contributed by atoms with Gasteiger partial charge in [0.25, 0.3) is 5.91 Å². The van der Waals surface area contributed by atoms with Crippen molar-refractivity contribution in [2.45, 2.75) is 20.0 Å². The number of amides is 1. The van der Waals surface area contributed by atoms with Crippen LogP contribution in [0, 0.1) is 12.7 Å². The van der Waals surface area contributed by atoms with Gasteiger partial charge in [-0.3, -0.25) is 9.48 Å². The molecule has 0 bridgehead atoms. The van der Waals surface area contributed by atoms with Crippen molar-refractivity contribution in [3.05, 3.63) is 76.9 Å². The first-order valence-corrected chi connectivity index (χ1v) is 12.5. The molecule has 1 fully saturated rings. The van der Waals surface area contributed by atoms with Gasteiger partial charge in [0.15, 0.2) is 11.5 Å². The summed E-state index contributed by atoms with van der Waals surface area (Å²) in [6, 6.07) is 14.1. The van der Waals surface area contributed by atoms with Crippen LogP contribution >= 0.6 is 0 Å². The Morgan fingerprint density at radius 3 is 2.63 bits per heavy atom. The highest BCUT2D eigenvalue weighted by Crippen LogP contribution is 2.33. The van der Waals surface area contributed by atoms with Crippen LogP contribution in [0.3, 0.4) is 0 Å². The Morgan fingerprint density at radius 2 is 1.84 bits per heavy atom. The molecule has 38 heavy (non-hydrogen) atoms. The van der Waals surface area contributed by atoms with Gasteiger partial charge in [-0.15, -0.1) is 0 Å². The van der Waals surface area contributed by atoms with Crippen molar-refractivity contribution in [2.24, 2.45) is 7.05 Å². The summed E-state index contributed by atoms with van der Waals surface area (Å²) in [6.45, 7) is 5.17. The third-order valence-electron chi connectivity index (χ3n) is 6.83. The zero-order valence-corrected chi connectivity index (χ0v) is 21.3.